The van der Waals surface area contributed by atoms with Crippen LogP contribution in [0.4, 0.5) is 14.9 Å². The summed E-state index contributed by atoms with van der Waals surface area (Å²) in [7, 11) is 0. The number of amides is 2. The van der Waals surface area contributed by atoms with Crippen LogP contribution in [0.2, 0.25) is 0 Å². The van der Waals surface area contributed by atoms with Crippen LogP contribution in [0.15, 0.2) is 24.3 Å². The summed E-state index contributed by atoms with van der Waals surface area (Å²) in [6.45, 7) is 3.60. The lowest BCUT2D eigenvalue weighted by Gasteiger charge is -2.22. The highest BCUT2D eigenvalue weighted by molar-refractivity contribution is 5.89. The van der Waals surface area contributed by atoms with Gasteiger partial charge in [-0.25, -0.2) is 9.18 Å². The topological polar surface area (TPSA) is 35.6 Å². The molecule has 0 bridgehead atoms. The van der Waals surface area contributed by atoms with E-state index in [0.717, 1.165) is 38.6 Å². The maximum Gasteiger partial charge on any atom is 0.321 e. The van der Waals surface area contributed by atoms with Crippen LogP contribution in [0.25, 0.3) is 0 Å². The molecule has 2 fully saturated rings. The normalized spacial score (nSPS) is 20.6. The zero-order valence-electron chi connectivity index (χ0n) is 11.5. The summed E-state index contributed by atoms with van der Waals surface area (Å²) in [6, 6.07) is 6.55. The molecule has 0 unspecified atom stereocenters. The fourth-order valence-corrected chi connectivity index (χ4v) is 2.68. The highest BCUT2D eigenvalue weighted by Gasteiger charge is 2.30. The van der Waals surface area contributed by atoms with E-state index in [0.29, 0.717) is 5.69 Å². The molecule has 5 heteroatoms. The number of carbonyl (C=O) groups excluding carboxylic acids is 1. The lowest BCUT2D eigenvalue weighted by atomic mass is 10.3. The highest BCUT2D eigenvalue weighted by atomic mass is 19.1. The van der Waals surface area contributed by atoms with Gasteiger partial charge in [0.05, 0.1) is 0 Å². The number of nitrogens with zero attached hydrogens (tertiary/aromatic N) is 2. The van der Waals surface area contributed by atoms with E-state index < -0.39 is 0 Å². The molecule has 1 saturated heterocycles. The van der Waals surface area contributed by atoms with E-state index in [4.69, 9.17) is 0 Å². The summed E-state index contributed by atoms with van der Waals surface area (Å²) in [4.78, 5) is 16.5. The molecule has 1 N–H and O–H groups in total. The zero-order chi connectivity index (χ0) is 13.9. The van der Waals surface area contributed by atoms with Crippen molar-refractivity contribution in [2.45, 2.75) is 25.3 Å². The van der Waals surface area contributed by atoms with Crippen LogP contribution in [-0.2, 0) is 0 Å². The van der Waals surface area contributed by atoms with Crippen LogP contribution in [0.1, 0.15) is 19.3 Å². The Hall–Kier alpha value is -1.62. The van der Waals surface area contributed by atoms with Crippen LogP contribution >= 0.6 is 0 Å². The molecule has 0 atom stereocenters. The molecule has 20 heavy (non-hydrogen) atoms. The van der Waals surface area contributed by atoms with Crippen molar-refractivity contribution in [3.63, 3.8) is 0 Å². The van der Waals surface area contributed by atoms with E-state index >= 15 is 0 Å². The van der Waals surface area contributed by atoms with E-state index in [1.807, 2.05) is 4.90 Å². The van der Waals surface area contributed by atoms with Crippen LogP contribution < -0.4 is 5.32 Å². The molecule has 1 aliphatic heterocycles. The standard InChI is InChI=1S/C15H20FN3O/c16-12-2-4-13(5-3-12)17-15(20)19-9-1-8-18(10-11-19)14-6-7-14/h2-5,14H,1,6-11H2,(H,17,20). The average Bonchev–Trinajstić information content (AvgIpc) is 3.26. The number of benzene rings is 1. The number of hydrogen-bond donors (Lipinski definition) is 1. The van der Waals surface area contributed by atoms with Crippen molar-refractivity contribution in [2.24, 2.45) is 0 Å². The van der Waals surface area contributed by atoms with Crippen LogP contribution in [0, 0.1) is 5.82 Å². The Morgan fingerprint density at radius 1 is 1.10 bits per heavy atom. The molecule has 4 nitrogen and oxygen atoms in total. The van der Waals surface area contributed by atoms with Crippen molar-refractivity contribution in [2.75, 3.05) is 31.5 Å². The summed E-state index contributed by atoms with van der Waals surface area (Å²) < 4.78 is 12.8. The van der Waals surface area contributed by atoms with Crippen LogP contribution in [0.3, 0.4) is 0 Å². The Bertz CT molecular complexity index is 473. The largest absolute Gasteiger partial charge is 0.323 e. The fourth-order valence-electron chi connectivity index (χ4n) is 2.68. The van der Waals surface area contributed by atoms with E-state index in [9.17, 15) is 9.18 Å². The molecule has 1 aliphatic carbocycles. The minimum Gasteiger partial charge on any atom is -0.323 e. The van der Waals surface area contributed by atoms with Crippen molar-refractivity contribution in [1.82, 2.24) is 9.80 Å². The Kier molecular flexibility index (Phi) is 3.87. The van der Waals surface area contributed by atoms with Gasteiger partial charge in [0.2, 0.25) is 0 Å². The first-order chi connectivity index (χ1) is 9.72. The zero-order valence-corrected chi connectivity index (χ0v) is 11.5. The van der Waals surface area contributed by atoms with E-state index in [-0.39, 0.29) is 11.8 Å². The third-order valence-corrected chi connectivity index (χ3v) is 3.98. The first-order valence-electron chi connectivity index (χ1n) is 7.28. The first-order valence-corrected chi connectivity index (χ1v) is 7.28. The van der Waals surface area contributed by atoms with Gasteiger partial charge < -0.3 is 10.2 Å². The lowest BCUT2D eigenvalue weighted by Crippen LogP contribution is -2.38. The van der Waals surface area contributed by atoms with Crippen molar-refractivity contribution >= 4 is 11.7 Å². The number of nitrogens with one attached hydrogen (secondary N) is 1. The summed E-state index contributed by atoms with van der Waals surface area (Å²) in [5, 5.41) is 2.83. The predicted molar refractivity (Wildman–Crippen MR) is 76.2 cm³/mol. The Labute approximate surface area is 118 Å². The average molecular weight is 277 g/mol. The van der Waals surface area contributed by atoms with Gasteiger partial charge in [-0.1, -0.05) is 0 Å². The molecule has 1 heterocycles. The summed E-state index contributed by atoms with van der Waals surface area (Å²) >= 11 is 0. The molecule has 1 aromatic rings. The van der Waals surface area contributed by atoms with Gasteiger partial charge in [-0.2, -0.15) is 0 Å². The number of hydrogen-bond acceptors (Lipinski definition) is 2. The maximum atomic E-state index is 12.8. The van der Waals surface area contributed by atoms with Crippen molar-refractivity contribution < 1.29 is 9.18 Å². The molecule has 0 radical (unpaired) electrons. The second-order valence-corrected chi connectivity index (χ2v) is 5.54. The van der Waals surface area contributed by atoms with Gasteiger partial charge in [0.15, 0.2) is 0 Å². The second-order valence-electron chi connectivity index (χ2n) is 5.54. The third kappa shape index (κ3) is 3.28. The number of carbonyl (C=O) groups is 1. The number of anilines is 1. The molecule has 108 valence electrons. The van der Waals surface area contributed by atoms with Gasteiger partial charge in [0.1, 0.15) is 5.82 Å². The third-order valence-electron chi connectivity index (χ3n) is 3.98. The van der Waals surface area contributed by atoms with Gasteiger partial charge in [-0.05, 0) is 43.5 Å². The molecule has 1 aromatic carbocycles. The smallest absolute Gasteiger partial charge is 0.321 e. The number of urea groups is 1. The number of halogens is 1. The van der Waals surface area contributed by atoms with Crippen molar-refractivity contribution in [1.29, 1.82) is 0 Å². The second kappa shape index (κ2) is 5.79. The van der Waals surface area contributed by atoms with Gasteiger partial charge in [-0.3, -0.25) is 4.90 Å². The number of rotatable bonds is 2. The molecule has 2 amide bonds. The molecule has 1 saturated carbocycles. The van der Waals surface area contributed by atoms with Crippen molar-refractivity contribution in [3.8, 4) is 0 Å². The maximum absolute atomic E-state index is 12.8. The first kappa shape index (κ1) is 13.4. The molecular formula is C15H20FN3O. The molecule has 0 aromatic heterocycles. The summed E-state index contributed by atoms with van der Waals surface area (Å²) in [6.07, 6.45) is 3.64. The fraction of sp³-hybridized carbons (Fsp3) is 0.533. The molecule has 2 aliphatic rings. The van der Waals surface area contributed by atoms with E-state index in [2.05, 4.69) is 10.2 Å². The summed E-state index contributed by atoms with van der Waals surface area (Å²) in [5.41, 5.74) is 0.639. The minimum absolute atomic E-state index is 0.0887. The minimum atomic E-state index is -0.294. The lowest BCUT2D eigenvalue weighted by molar-refractivity contribution is 0.211. The summed E-state index contributed by atoms with van der Waals surface area (Å²) in [5.74, 6) is -0.294. The van der Waals surface area contributed by atoms with Gasteiger partial charge in [0, 0.05) is 37.9 Å². The Balaban J connectivity index is 1.55. The van der Waals surface area contributed by atoms with E-state index in [1.54, 1.807) is 12.1 Å². The Morgan fingerprint density at radius 2 is 1.85 bits per heavy atom. The van der Waals surface area contributed by atoms with Gasteiger partial charge >= 0.3 is 6.03 Å². The van der Waals surface area contributed by atoms with Crippen LogP contribution in [0.5, 0.6) is 0 Å². The Morgan fingerprint density at radius 3 is 2.55 bits per heavy atom. The van der Waals surface area contributed by atoms with Gasteiger partial charge in [0.25, 0.3) is 0 Å². The molecule has 0 spiro atoms. The monoisotopic (exact) mass is 277 g/mol. The SMILES string of the molecule is O=C(Nc1ccc(F)cc1)N1CCCN(C2CC2)CC1. The van der Waals surface area contributed by atoms with E-state index in [1.165, 1.54) is 25.0 Å². The van der Waals surface area contributed by atoms with Crippen molar-refractivity contribution in [3.05, 3.63) is 30.1 Å². The predicted octanol–water partition coefficient (Wildman–Crippen LogP) is 2.53. The van der Waals surface area contributed by atoms with Gasteiger partial charge in [-0.15, -0.1) is 0 Å². The molecule has 3 rings (SSSR count). The van der Waals surface area contributed by atoms with Crippen LogP contribution in [-0.4, -0.2) is 48.1 Å². The quantitative estimate of drug-likeness (QED) is 0.901. The highest BCUT2D eigenvalue weighted by Crippen LogP contribution is 2.27. The molecular weight excluding hydrogens is 257 g/mol.